The lowest BCUT2D eigenvalue weighted by atomic mass is 10.2. The highest BCUT2D eigenvalue weighted by Crippen LogP contribution is 2.30. The van der Waals surface area contributed by atoms with Crippen molar-refractivity contribution in [2.75, 3.05) is 7.11 Å². The number of ether oxygens (including phenoxy) is 2. The molecule has 1 heterocycles. The van der Waals surface area contributed by atoms with Crippen LogP contribution in [0.5, 0.6) is 5.75 Å². The fourth-order valence-electron chi connectivity index (χ4n) is 1.23. The molecule has 0 fully saturated rings. The number of hydrogen-bond acceptors (Lipinski definition) is 5. The molecule has 5 heteroatoms. The van der Waals surface area contributed by atoms with Crippen molar-refractivity contribution >= 4 is 32.9 Å². The summed E-state index contributed by atoms with van der Waals surface area (Å²) in [5, 5.41) is 0. The molecule has 0 N–H and O–H groups in total. The molecule has 1 aromatic heterocycles. The number of rotatable bonds is 4. The van der Waals surface area contributed by atoms with E-state index in [0.717, 1.165) is 9.39 Å². The van der Waals surface area contributed by atoms with Gasteiger partial charge in [-0.25, -0.2) is 0 Å². The quantitative estimate of drug-likeness (QED) is 0.460. The summed E-state index contributed by atoms with van der Waals surface area (Å²) in [6.07, 6.45) is 0. The molecule has 2 nitrogen and oxygen atoms in total. The molecule has 0 atom stereocenters. The molecule has 0 aliphatic rings. The average Bonchev–Trinajstić information content (AvgIpc) is 2.77. The summed E-state index contributed by atoms with van der Waals surface area (Å²) in [6, 6.07) is 9.76. The van der Waals surface area contributed by atoms with Crippen LogP contribution in [-0.2, 0) is 4.74 Å². The second kappa shape index (κ2) is 5.44. The van der Waals surface area contributed by atoms with Gasteiger partial charge in [0.25, 0.3) is 5.95 Å². The summed E-state index contributed by atoms with van der Waals surface area (Å²) in [7, 11) is 4.81. The summed E-state index contributed by atoms with van der Waals surface area (Å²) in [5.41, 5.74) is 1.14. The summed E-state index contributed by atoms with van der Waals surface area (Å²) in [5.74, 6) is 0.989. The number of hydrogen-bond donors (Lipinski definition) is 0. The van der Waals surface area contributed by atoms with Gasteiger partial charge in [0, 0.05) is 4.88 Å². The maximum atomic E-state index is 5.33. The molecule has 0 radical (unpaired) electrons. The van der Waals surface area contributed by atoms with Crippen LogP contribution in [0.3, 0.4) is 0 Å². The molecule has 0 saturated carbocycles. The molecule has 0 spiro atoms. The molecule has 0 saturated heterocycles. The zero-order valence-electron chi connectivity index (χ0n) is 9.14. The van der Waals surface area contributed by atoms with Crippen molar-refractivity contribution in [2.45, 2.75) is 0 Å². The van der Waals surface area contributed by atoms with Gasteiger partial charge in [0.1, 0.15) is 9.57 Å². The number of methoxy groups -OCH3 is 1. The zero-order chi connectivity index (χ0) is 12.3. The van der Waals surface area contributed by atoms with E-state index in [0.29, 0.717) is 5.75 Å². The SMILES string of the molecule is C=C(OC)Oc1ccc(-c2cc(=S)ss2)cc1. The van der Waals surface area contributed by atoms with Crippen LogP contribution in [0.4, 0.5) is 0 Å². The third-order valence-corrected chi connectivity index (χ3v) is 4.97. The van der Waals surface area contributed by atoms with E-state index in [-0.39, 0.29) is 5.95 Å². The van der Waals surface area contributed by atoms with Crippen molar-refractivity contribution < 1.29 is 9.47 Å². The first-order valence-electron chi connectivity index (χ1n) is 4.80. The summed E-state index contributed by atoms with van der Waals surface area (Å²) < 4.78 is 11.1. The second-order valence-electron chi connectivity index (χ2n) is 3.20. The lowest BCUT2D eigenvalue weighted by molar-refractivity contribution is 0.154. The molecule has 1 aromatic carbocycles. The van der Waals surface area contributed by atoms with E-state index in [1.807, 2.05) is 30.3 Å². The van der Waals surface area contributed by atoms with Crippen molar-refractivity contribution in [1.82, 2.24) is 0 Å². The first-order valence-corrected chi connectivity index (χ1v) is 7.36. The minimum Gasteiger partial charge on any atom is -0.469 e. The van der Waals surface area contributed by atoms with Crippen LogP contribution in [0.15, 0.2) is 42.9 Å². The molecule has 2 aromatic rings. The molecule has 17 heavy (non-hydrogen) atoms. The van der Waals surface area contributed by atoms with Crippen LogP contribution in [0.25, 0.3) is 10.4 Å². The molecule has 0 aliphatic heterocycles. The predicted octanol–water partition coefficient (Wildman–Crippen LogP) is 4.70. The third-order valence-electron chi connectivity index (χ3n) is 2.06. The molecular weight excluding hydrogens is 272 g/mol. The third kappa shape index (κ3) is 3.15. The van der Waals surface area contributed by atoms with Gasteiger partial charge in [-0.15, -0.1) is 0 Å². The Bertz CT molecular complexity index is 566. The molecule has 0 bridgehead atoms. The Kier molecular flexibility index (Phi) is 3.93. The Morgan fingerprint density at radius 3 is 2.47 bits per heavy atom. The highest BCUT2D eigenvalue weighted by atomic mass is 32.9. The van der Waals surface area contributed by atoms with Gasteiger partial charge in [0.15, 0.2) is 0 Å². The van der Waals surface area contributed by atoms with E-state index in [1.54, 1.807) is 20.7 Å². The minimum atomic E-state index is 0.281. The van der Waals surface area contributed by atoms with Crippen LogP contribution >= 0.6 is 32.9 Å². The van der Waals surface area contributed by atoms with Crippen molar-refractivity contribution in [3.05, 3.63) is 46.7 Å². The zero-order valence-corrected chi connectivity index (χ0v) is 11.6. The van der Waals surface area contributed by atoms with Crippen LogP contribution in [0.1, 0.15) is 0 Å². The summed E-state index contributed by atoms with van der Waals surface area (Å²) in [6.45, 7) is 3.60. The molecule has 0 unspecified atom stereocenters. The number of benzene rings is 1. The van der Waals surface area contributed by atoms with Gasteiger partial charge in [-0.2, -0.15) is 0 Å². The van der Waals surface area contributed by atoms with Crippen molar-refractivity contribution in [3.63, 3.8) is 0 Å². The highest BCUT2D eigenvalue weighted by molar-refractivity contribution is 7.80. The largest absolute Gasteiger partial charge is 0.469 e. The van der Waals surface area contributed by atoms with E-state index in [2.05, 4.69) is 6.58 Å². The Balaban J connectivity index is 2.18. The van der Waals surface area contributed by atoms with E-state index < -0.39 is 0 Å². The Morgan fingerprint density at radius 1 is 1.24 bits per heavy atom. The maximum Gasteiger partial charge on any atom is 0.276 e. The van der Waals surface area contributed by atoms with Crippen molar-refractivity contribution in [2.24, 2.45) is 0 Å². The molecule has 0 amide bonds. The highest BCUT2D eigenvalue weighted by Gasteiger charge is 2.02. The lowest BCUT2D eigenvalue weighted by Gasteiger charge is -2.06. The van der Waals surface area contributed by atoms with E-state index in [4.69, 9.17) is 21.7 Å². The molecule has 2 rings (SSSR count). The fourth-order valence-corrected chi connectivity index (χ4v) is 3.64. The lowest BCUT2D eigenvalue weighted by Crippen LogP contribution is -1.94. The van der Waals surface area contributed by atoms with Gasteiger partial charge < -0.3 is 9.47 Å². The Morgan fingerprint density at radius 2 is 1.94 bits per heavy atom. The van der Waals surface area contributed by atoms with E-state index in [9.17, 15) is 0 Å². The fraction of sp³-hybridized carbons (Fsp3) is 0.0833. The molecule has 88 valence electrons. The Labute approximate surface area is 112 Å². The van der Waals surface area contributed by atoms with Crippen LogP contribution < -0.4 is 4.74 Å². The van der Waals surface area contributed by atoms with Gasteiger partial charge in [0.05, 0.1) is 7.11 Å². The van der Waals surface area contributed by atoms with Gasteiger partial charge in [0.2, 0.25) is 0 Å². The topological polar surface area (TPSA) is 18.5 Å². The Hall–Kier alpha value is -1.17. The van der Waals surface area contributed by atoms with Gasteiger partial charge in [-0.3, -0.25) is 0 Å². The van der Waals surface area contributed by atoms with E-state index >= 15 is 0 Å². The van der Waals surface area contributed by atoms with Gasteiger partial charge in [-0.05, 0) is 42.5 Å². The van der Waals surface area contributed by atoms with Crippen molar-refractivity contribution in [3.8, 4) is 16.2 Å². The average molecular weight is 282 g/mol. The standard InChI is InChI=1S/C12H10O2S3/c1-8(13-2)14-10-5-3-9(4-6-10)11-7-12(15)17-16-11/h3-7H,1H2,2H3. The summed E-state index contributed by atoms with van der Waals surface area (Å²) in [4.78, 5) is 1.18. The van der Waals surface area contributed by atoms with Crippen molar-refractivity contribution in [1.29, 1.82) is 0 Å². The van der Waals surface area contributed by atoms with Crippen LogP contribution in [0, 0.1) is 3.82 Å². The van der Waals surface area contributed by atoms with Crippen LogP contribution in [0.2, 0.25) is 0 Å². The van der Waals surface area contributed by atoms with E-state index in [1.165, 1.54) is 12.0 Å². The summed E-state index contributed by atoms with van der Waals surface area (Å²) >= 11 is 5.11. The first-order chi connectivity index (χ1) is 8.19. The van der Waals surface area contributed by atoms with Crippen LogP contribution in [-0.4, -0.2) is 7.11 Å². The second-order valence-corrected chi connectivity index (χ2v) is 6.11. The molecule has 0 aliphatic carbocycles. The van der Waals surface area contributed by atoms with Gasteiger partial charge in [-0.1, -0.05) is 32.9 Å². The maximum absolute atomic E-state index is 5.33. The van der Waals surface area contributed by atoms with Gasteiger partial charge >= 0.3 is 0 Å². The normalized spacial score (nSPS) is 9.94. The smallest absolute Gasteiger partial charge is 0.276 e. The molecular formula is C12H10O2S3. The first kappa shape index (κ1) is 12.3. The monoisotopic (exact) mass is 282 g/mol. The predicted molar refractivity (Wildman–Crippen MR) is 75.2 cm³/mol. The minimum absolute atomic E-state index is 0.281.